The van der Waals surface area contributed by atoms with Gasteiger partial charge in [-0.15, -0.1) is 0 Å². The minimum atomic E-state index is -0.873. The number of amides is 1. The molecule has 3 rings (SSSR count). The summed E-state index contributed by atoms with van der Waals surface area (Å²) >= 11 is 0. The van der Waals surface area contributed by atoms with Crippen LogP contribution in [0.3, 0.4) is 0 Å². The van der Waals surface area contributed by atoms with Crippen molar-refractivity contribution in [1.29, 1.82) is 10.5 Å². The molecule has 3 aromatic rings. The van der Waals surface area contributed by atoms with E-state index in [4.69, 9.17) is 30.5 Å². The van der Waals surface area contributed by atoms with Crippen LogP contribution in [0.25, 0.3) is 0 Å². The minimum Gasteiger partial charge on any atom is -0.492 e. The topological polar surface area (TPSA) is 162 Å². The zero-order chi connectivity index (χ0) is 28.0. The van der Waals surface area contributed by atoms with Crippen molar-refractivity contribution in [3.63, 3.8) is 0 Å². The highest BCUT2D eigenvalue weighted by molar-refractivity contribution is 5.92. The third-order valence-electron chi connectivity index (χ3n) is 5.60. The van der Waals surface area contributed by atoms with Gasteiger partial charge in [-0.25, -0.2) is 0 Å². The van der Waals surface area contributed by atoms with E-state index >= 15 is 0 Å². The van der Waals surface area contributed by atoms with E-state index in [9.17, 15) is 15.0 Å². The molecule has 4 N–H and O–H groups in total. The lowest BCUT2D eigenvalue weighted by Crippen LogP contribution is -2.43. The molecule has 0 aliphatic carbocycles. The Morgan fingerprint density at radius 2 is 1.15 bits per heavy atom. The molecule has 0 aliphatic rings. The fourth-order valence-electron chi connectivity index (χ4n) is 3.60. The van der Waals surface area contributed by atoms with Gasteiger partial charge in [0.15, 0.2) is 0 Å². The zero-order valence-corrected chi connectivity index (χ0v) is 21.3. The first-order valence-corrected chi connectivity index (χ1v) is 12.2. The number of hydrogen-bond donors (Lipinski definition) is 3. The van der Waals surface area contributed by atoms with E-state index in [2.05, 4.69) is 0 Å². The first-order valence-electron chi connectivity index (χ1n) is 12.2. The summed E-state index contributed by atoms with van der Waals surface area (Å²) in [7, 11) is 0. The smallest absolute Gasteiger partial charge is 0.248 e. The van der Waals surface area contributed by atoms with Crippen LogP contribution in [0.4, 0.5) is 0 Å². The summed E-state index contributed by atoms with van der Waals surface area (Å²) in [5.41, 5.74) is 6.66. The number of ether oxygens (including phenoxy) is 3. The summed E-state index contributed by atoms with van der Waals surface area (Å²) in [4.78, 5) is 13.1. The van der Waals surface area contributed by atoms with Crippen LogP contribution in [0, 0.1) is 22.7 Å². The molecule has 0 spiro atoms. The van der Waals surface area contributed by atoms with E-state index in [1.165, 1.54) is 0 Å². The molecule has 202 valence electrons. The van der Waals surface area contributed by atoms with Gasteiger partial charge < -0.3 is 30.2 Å². The summed E-state index contributed by atoms with van der Waals surface area (Å²) < 4.78 is 17.0. The molecule has 0 saturated heterocycles. The van der Waals surface area contributed by atoms with Crippen LogP contribution < -0.4 is 19.9 Å². The highest BCUT2D eigenvalue weighted by Gasteiger charge is 2.17. The molecule has 1 amide bonds. The number of aliphatic hydroxyl groups is 2. The Labute approximate surface area is 227 Å². The van der Waals surface area contributed by atoms with Crippen LogP contribution in [0.1, 0.15) is 21.5 Å². The van der Waals surface area contributed by atoms with E-state index in [0.29, 0.717) is 40.5 Å². The average Bonchev–Trinajstić information content (AvgIpc) is 2.95. The number of benzene rings is 3. The lowest BCUT2D eigenvalue weighted by Gasteiger charge is -2.27. The summed E-state index contributed by atoms with van der Waals surface area (Å²) in [6, 6.07) is 23.7. The van der Waals surface area contributed by atoms with Crippen LogP contribution in [0.15, 0.2) is 72.8 Å². The number of nitrogens with zero attached hydrogens (tertiary/aromatic N) is 3. The van der Waals surface area contributed by atoms with Crippen LogP contribution in [0.5, 0.6) is 17.2 Å². The Morgan fingerprint density at radius 1 is 0.744 bits per heavy atom. The van der Waals surface area contributed by atoms with E-state index in [0.717, 1.165) is 0 Å². The fraction of sp³-hybridized carbons (Fsp3) is 0.276. The minimum absolute atomic E-state index is 0.00960. The van der Waals surface area contributed by atoms with Crippen molar-refractivity contribution in [3.05, 3.63) is 89.5 Å². The quantitative estimate of drug-likeness (QED) is 0.267. The van der Waals surface area contributed by atoms with Crippen LogP contribution in [-0.2, 0) is 0 Å². The number of hydrogen-bond acceptors (Lipinski definition) is 9. The van der Waals surface area contributed by atoms with Crippen molar-refractivity contribution < 1.29 is 29.2 Å². The van der Waals surface area contributed by atoms with Gasteiger partial charge in [0.2, 0.25) is 5.91 Å². The number of aliphatic hydroxyl groups excluding tert-OH is 2. The third kappa shape index (κ3) is 9.99. The summed E-state index contributed by atoms with van der Waals surface area (Å²) in [5.74, 6) is 1.08. The average molecular weight is 531 g/mol. The van der Waals surface area contributed by atoms with Crippen molar-refractivity contribution >= 4 is 5.91 Å². The van der Waals surface area contributed by atoms with Crippen LogP contribution in [0.2, 0.25) is 0 Å². The Morgan fingerprint density at radius 3 is 1.56 bits per heavy atom. The third-order valence-corrected chi connectivity index (χ3v) is 5.60. The number of carbonyl (C=O) groups excluding carboxylic acids is 1. The molecule has 10 nitrogen and oxygen atoms in total. The molecular weight excluding hydrogens is 500 g/mol. The first kappa shape index (κ1) is 29.0. The highest BCUT2D eigenvalue weighted by Crippen LogP contribution is 2.14. The maximum atomic E-state index is 11.2. The zero-order valence-electron chi connectivity index (χ0n) is 21.3. The molecule has 39 heavy (non-hydrogen) atoms. The van der Waals surface area contributed by atoms with Crippen molar-refractivity contribution in [2.24, 2.45) is 5.73 Å². The van der Waals surface area contributed by atoms with Crippen molar-refractivity contribution in [2.45, 2.75) is 12.2 Å². The second kappa shape index (κ2) is 15.0. The molecule has 0 aliphatic heterocycles. The van der Waals surface area contributed by atoms with Crippen molar-refractivity contribution in [1.82, 2.24) is 4.90 Å². The van der Waals surface area contributed by atoms with Gasteiger partial charge in [0.25, 0.3) is 0 Å². The van der Waals surface area contributed by atoms with Crippen molar-refractivity contribution in [2.75, 3.05) is 39.5 Å². The Bertz CT molecular complexity index is 1200. The Balaban J connectivity index is 1.54. The van der Waals surface area contributed by atoms with Gasteiger partial charge in [-0.05, 0) is 72.8 Å². The molecule has 3 aromatic carbocycles. The number of nitriles is 2. The number of rotatable bonds is 15. The van der Waals surface area contributed by atoms with Gasteiger partial charge in [-0.1, -0.05) is 0 Å². The monoisotopic (exact) mass is 530 g/mol. The molecule has 2 unspecified atom stereocenters. The second-order valence-electron chi connectivity index (χ2n) is 8.70. The number of primary amides is 1. The number of nitrogens with two attached hydrogens (primary N) is 1. The van der Waals surface area contributed by atoms with Gasteiger partial charge in [0.05, 0.1) is 23.3 Å². The van der Waals surface area contributed by atoms with Gasteiger partial charge in [-0.3, -0.25) is 9.69 Å². The molecule has 0 radical (unpaired) electrons. The summed E-state index contributed by atoms with van der Waals surface area (Å²) in [6.07, 6.45) is -1.75. The van der Waals surface area contributed by atoms with Crippen LogP contribution in [-0.4, -0.2) is 72.7 Å². The molecular formula is C29H30N4O6. The standard InChI is InChI=1S/C29H30N4O6/c30-15-21-1-7-27(8-2-21)38-19-24(34)17-33(13-14-37-26-11-5-23(6-12-26)29(32)36)18-25(35)20-39-28-9-3-22(16-31)4-10-28/h1-12,24-25,34-35H,13-14,17-20H2,(H2,32,36). The van der Waals surface area contributed by atoms with Gasteiger partial charge >= 0.3 is 0 Å². The largest absolute Gasteiger partial charge is 0.492 e. The fourth-order valence-corrected chi connectivity index (χ4v) is 3.60. The normalized spacial score (nSPS) is 12.1. The molecule has 2 atom stereocenters. The highest BCUT2D eigenvalue weighted by atomic mass is 16.5. The molecule has 0 fully saturated rings. The van der Waals surface area contributed by atoms with Crippen molar-refractivity contribution in [3.8, 4) is 29.4 Å². The van der Waals surface area contributed by atoms with E-state index < -0.39 is 18.1 Å². The van der Waals surface area contributed by atoms with Gasteiger partial charge in [-0.2, -0.15) is 10.5 Å². The Kier molecular flexibility index (Phi) is 11.1. The first-order chi connectivity index (χ1) is 18.9. The molecule has 0 aromatic heterocycles. The van der Waals surface area contributed by atoms with Gasteiger partial charge in [0, 0.05) is 25.2 Å². The maximum Gasteiger partial charge on any atom is 0.248 e. The maximum absolute atomic E-state index is 11.2. The SMILES string of the molecule is N#Cc1ccc(OCC(O)CN(CCOc2ccc(C(N)=O)cc2)CC(O)COc2ccc(C#N)cc2)cc1. The number of carbonyl (C=O) groups is 1. The molecule has 0 saturated carbocycles. The lowest BCUT2D eigenvalue weighted by atomic mass is 10.2. The van der Waals surface area contributed by atoms with Gasteiger partial charge in [0.1, 0.15) is 49.3 Å². The summed E-state index contributed by atoms with van der Waals surface area (Å²) in [5, 5.41) is 39.0. The van der Waals surface area contributed by atoms with Crippen LogP contribution >= 0.6 is 0 Å². The lowest BCUT2D eigenvalue weighted by molar-refractivity contribution is 0.0268. The van der Waals surface area contributed by atoms with E-state index in [1.54, 1.807) is 72.8 Å². The van der Waals surface area contributed by atoms with E-state index in [-0.39, 0.29) is 32.9 Å². The molecule has 0 heterocycles. The molecule has 10 heteroatoms. The second-order valence-corrected chi connectivity index (χ2v) is 8.70. The van der Waals surface area contributed by atoms with E-state index in [1.807, 2.05) is 17.0 Å². The predicted molar refractivity (Wildman–Crippen MR) is 142 cm³/mol. The Hall–Kier alpha value is -4.61. The molecule has 0 bridgehead atoms. The summed E-state index contributed by atoms with van der Waals surface area (Å²) in [6.45, 7) is 1.02. The predicted octanol–water partition coefficient (Wildman–Crippen LogP) is 2.09.